The van der Waals surface area contributed by atoms with Crippen molar-refractivity contribution < 1.29 is 19.0 Å². The molecule has 0 spiro atoms. The van der Waals surface area contributed by atoms with Crippen molar-refractivity contribution in [3.63, 3.8) is 0 Å². The van der Waals surface area contributed by atoms with Crippen molar-refractivity contribution in [3.05, 3.63) is 52.4 Å². The zero-order valence-electron chi connectivity index (χ0n) is 16.5. The lowest BCUT2D eigenvalue weighted by Gasteiger charge is -2.13. The molecule has 0 unspecified atom stereocenters. The number of thiazole rings is 1. The molecule has 0 saturated carbocycles. The molecule has 146 valence electrons. The number of hydrogen-bond donors (Lipinski definition) is 1. The number of amides is 1. The molecule has 1 heterocycles. The molecule has 0 saturated heterocycles. The third-order valence-corrected chi connectivity index (χ3v) is 5.07. The molecule has 0 atom stereocenters. The molecular weight excluding hydrogens is 376 g/mol. The van der Waals surface area contributed by atoms with E-state index < -0.39 is 0 Å². The van der Waals surface area contributed by atoms with Gasteiger partial charge in [-0.1, -0.05) is 23.8 Å². The topological polar surface area (TPSA) is 69.7 Å². The van der Waals surface area contributed by atoms with Crippen molar-refractivity contribution in [2.45, 2.75) is 13.8 Å². The molecule has 1 aromatic heterocycles. The minimum absolute atomic E-state index is 0.305. The Bertz CT molecular complexity index is 988. The minimum Gasteiger partial charge on any atom is -0.493 e. The number of anilines is 1. The maximum absolute atomic E-state index is 12.7. The van der Waals surface area contributed by atoms with Crippen molar-refractivity contribution in [2.75, 3.05) is 26.6 Å². The van der Waals surface area contributed by atoms with Gasteiger partial charge in [0.25, 0.3) is 5.91 Å². The highest BCUT2D eigenvalue weighted by Crippen LogP contribution is 2.38. The normalized spacial score (nSPS) is 10.5. The highest BCUT2D eigenvalue weighted by molar-refractivity contribution is 7.14. The molecule has 0 aliphatic carbocycles. The molecule has 0 radical (unpaired) electrons. The molecule has 6 nitrogen and oxygen atoms in total. The third kappa shape index (κ3) is 3.94. The quantitative estimate of drug-likeness (QED) is 0.651. The number of benzene rings is 2. The van der Waals surface area contributed by atoms with E-state index in [1.54, 1.807) is 12.1 Å². The lowest BCUT2D eigenvalue weighted by Crippen LogP contribution is -2.12. The van der Waals surface area contributed by atoms with Crippen molar-refractivity contribution in [2.24, 2.45) is 0 Å². The second kappa shape index (κ2) is 8.31. The molecule has 1 N–H and O–H groups in total. The number of ether oxygens (including phenoxy) is 3. The summed E-state index contributed by atoms with van der Waals surface area (Å²) in [6, 6.07) is 9.42. The van der Waals surface area contributed by atoms with E-state index in [1.165, 1.54) is 38.2 Å². The van der Waals surface area contributed by atoms with Crippen LogP contribution in [0.1, 0.15) is 21.5 Å². The maximum Gasteiger partial charge on any atom is 0.257 e. The van der Waals surface area contributed by atoms with E-state index in [0.717, 1.165) is 16.8 Å². The first-order valence-corrected chi connectivity index (χ1v) is 9.49. The number of methoxy groups -OCH3 is 3. The van der Waals surface area contributed by atoms with Crippen molar-refractivity contribution in [3.8, 4) is 28.5 Å². The van der Waals surface area contributed by atoms with Crippen LogP contribution in [0.4, 0.5) is 5.13 Å². The largest absolute Gasteiger partial charge is 0.493 e. The van der Waals surface area contributed by atoms with Gasteiger partial charge in [-0.05, 0) is 31.5 Å². The number of aromatic nitrogens is 1. The molecule has 3 rings (SSSR count). The fraction of sp³-hybridized carbons (Fsp3) is 0.238. The zero-order chi connectivity index (χ0) is 20.3. The number of rotatable bonds is 6. The summed E-state index contributed by atoms with van der Waals surface area (Å²) in [5.74, 6) is 0.970. The summed E-state index contributed by atoms with van der Waals surface area (Å²) >= 11 is 1.38. The monoisotopic (exact) mass is 398 g/mol. The fourth-order valence-corrected chi connectivity index (χ4v) is 3.64. The Balaban J connectivity index is 1.85. The number of nitrogens with one attached hydrogen (secondary N) is 1. The number of carbonyl (C=O) groups excluding carboxylic acids is 1. The molecule has 1 amide bonds. The van der Waals surface area contributed by atoms with Crippen LogP contribution in [0.25, 0.3) is 11.3 Å². The Morgan fingerprint density at radius 1 is 1.00 bits per heavy atom. The van der Waals surface area contributed by atoms with Crippen molar-refractivity contribution >= 4 is 22.4 Å². The van der Waals surface area contributed by atoms with Gasteiger partial charge >= 0.3 is 0 Å². The second-order valence-electron chi connectivity index (χ2n) is 6.22. The Labute approximate surface area is 168 Å². The molecule has 28 heavy (non-hydrogen) atoms. The highest BCUT2D eigenvalue weighted by Gasteiger charge is 2.18. The smallest absolute Gasteiger partial charge is 0.257 e. The second-order valence-corrected chi connectivity index (χ2v) is 7.08. The Morgan fingerprint density at radius 3 is 2.25 bits per heavy atom. The number of carbonyl (C=O) groups is 1. The summed E-state index contributed by atoms with van der Waals surface area (Å²) < 4.78 is 15.9. The summed E-state index contributed by atoms with van der Waals surface area (Å²) in [5, 5.41) is 5.29. The van der Waals surface area contributed by atoms with E-state index in [9.17, 15) is 4.79 Å². The van der Waals surface area contributed by atoms with Gasteiger partial charge in [0.1, 0.15) is 0 Å². The van der Waals surface area contributed by atoms with Crippen LogP contribution >= 0.6 is 11.3 Å². The number of hydrogen-bond acceptors (Lipinski definition) is 6. The van der Waals surface area contributed by atoms with Gasteiger partial charge in [-0.3, -0.25) is 10.1 Å². The van der Waals surface area contributed by atoms with Crippen molar-refractivity contribution in [1.82, 2.24) is 4.98 Å². The van der Waals surface area contributed by atoms with Crippen LogP contribution in [0, 0.1) is 13.8 Å². The predicted molar refractivity (Wildman–Crippen MR) is 111 cm³/mol. The first-order valence-electron chi connectivity index (χ1n) is 8.61. The van der Waals surface area contributed by atoms with Crippen LogP contribution < -0.4 is 19.5 Å². The highest BCUT2D eigenvalue weighted by atomic mass is 32.1. The fourth-order valence-electron chi connectivity index (χ4n) is 2.94. The van der Waals surface area contributed by atoms with E-state index in [2.05, 4.69) is 36.3 Å². The maximum atomic E-state index is 12.7. The molecule has 0 aliphatic heterocycles. The van der Waals surface area contributed by atoms with Gasteiger partial charge in [0.15, 0.2) is 16.6 Å². The lowest BCUT2D eigenvalue weighted by molar-refractivity contribution is 0.102. The van der Waals surface area contributed by atoms with E-state index in [-0.39, 0.29) is 5.91 Å². The zero-order valence-corrected chi connectivity index (χ0v) is 17.3. The average Bonchev–Trinajstić information content (AvgIpc) is 3.14. The van der Waals surface area contributed by atoms with Crippen LogP contribution in [-0.2, 0) is 0 Å². The summed E-state index contributed by atoms with van der Waals surface area (Å²) in [5.41, 5.74) is 4.62. The molecule has 0 fully saturated rings. The van der Waals surface area contributed by atoms with E-state index in [4.69, 9.17) is 14.2 Å². The molecule has 3 aromatic rings. The predicted octanol–water partition coefficient (Wildman–Crippen LogP) is 4.71. The van der Waals surface area contributed by atoms with Crippen LogP contribution in [0.3, 0.4) is 0 Å². The standard InChI is InChI=1S/C21H22N2O4S/c1-12-6-7-15(13(2)8-12)16-11-28-21(22-16)23-20(24)14-9-17(25-3)19(27-5)18(10-14)26-4/h6-11H,1-5H3,(H,22,23,24). The van der Waals surface area contributed by atoms with Gasteiger partial charge < -0.3 is 14.2 Å². The van der Waals surface area contributed by atoms with E-state index in [1.807, 2.05) is 11.4 Å². The molecule has 2 aromatic carbocycles. The van der Waals surface area contributed by atoms with E-state index >= 15 is 0 Å². The van der Waals surface area contributed by atoms with Gasteiger partial charge in [-0.15, -0.1) is 11.3 Å². The van der Waals surface area contributed by atoms with Gasteiger partial charge in [0, 0.05) is 16.5 Å². The van der Waals surface area contributed by atoms with Crippen LogP contribution in [0.5, 0.6) is 17.2 Å². The molecular formula is C21H22N2O4S. The summed E-state index contributed by atoms with van der Waals surface area (Å²) in [6.45, 7) is 4.11. The molecule has 0 aliphatic rings. The van der Waals surface area contributed by atoms with Gasteiger partial charge in [0.2, 0.25) is 5.75 Å². The summed E-state index contributed by atoms with van der Waals surface area (Å²) in [7, 11) is 4.54. The van der Waals surface area contributed by atoms with Crippen LogP contribution in [-0.4, -0.2) is 32.2 Å². The van der Waals surface area contributed by atoms with Gasteiger partial charge in [0.05, 0.1) is 27.0 Å². The Kier molecular flexibility index (Phi) is 5.84. The summed E-state index contributed by atoms with van der Waals surface area (Å²) in [4.78, 5) is 17.3. The molecule has 0 bridgehead atoms. The summed E-state index contributed by atoms with van der Waals surface area (Å²) in [6.07, 6.45) is 0. The van der Waals surface area contributed by atoms with Gasteiger partial charge in [-0.2, -0.15) is 0 Å². The Morgan fingerprint density at radius 2 is 1.68 bits per heavy atom. The third-order valence-electron chi connectivity index (χ3n) is 4.31. The number of nitrogens with zero attached hydrogens (tertiary/aromatic N) is 1. The number of aryl methyl sites for hydroxylation is 2. The minimum atomic E-state index is -0.305. The average molecular weight is 398 g/mol. The SMILES string of the molecule is COc1cc(C(=O)Nc2nc(-c3ccc(C)cc3C)cs2)cc(OC)c1OC. The molecule has 7 heteroatoms. The van der Waals surface area contributed by atoms with Gasteiger partial charge in [-0.25, -0.2) is 4.98 Å². The van der Waals surface area contributed by atoms with Crippen LogP contribution in [0.2, 0.25) is 0 Å². The lowest BCUT2D eigenvalue weighted by atomic mass is 10.0. The Hall–Kier alpha value is -3.06. The van der Waals surface area contributed by atoms with Crippen molar-refractivity contribution in [1.29, 1.82) is 0 Å². The first-order chi connectivity index (χ1) is 13.5. The van der Waals surface area contributed by atoms with Crippen LogP contribution in [0.15, 0.2) is 35.7 Å². The van der Waals surface area contributed by atoms with E-state index in [0.29, 0.717) is 27.9 Å². The first kappa shape index (κ1) is 19.7.